The highest BCUT2D eigenvalue weighted by atomic mass is 32.2. The van der Waals surface area contributed by atoms with Crippen LogP contribution in [0.15, 0.2) is 4.90 Å². The Kier molecular flexibility index (Phi) is 5.00. The van der Waals surface area contributed by atoms with Gasteiger partial charge in [-0.25, -0.2) is 0 Å². The Balaban J connectivity index is 2.06. The molecule has 1 saturated carbocycles. The maximum atomic E-state index is 9.07. The minimum Gasteiger partial charge on any atom is -0.396 e. The van der Waals surface area contributed by atoms with E-state index in [1.807, 2.05) is 6.26 Å². The van der Waals surface area contributed by atoms with E-state index in [0.717, 1.165) is 15.8 Å². The highest BCUT2D eigenvalue weighted by Crippen LogP contribution is 2.42. The fourth-order valence-corrected chi connectivity index (χ4v) is 4.61. The SMILES string of the molecule is CCC1CCC(Nc2sc(C#N)c(N)c2SC)CC1. The first kappa shape index (κ1) is 14.5. The largest absolute Gasteiger partial charge is 0.396 e. The third kappa shape index (κ3) is 3.18. The van der Waals surface area contributed by atoms with Crippen LogP contribution in [0, 0.1) is 17.2 Å². The number of hydrogen-bond acceptors (Lipinski definition) is 5. The van der Waals surface area contributed by atoms with Crippen LogP contribution in [0.5, 0.6) is 0 Å². The van der Waals surface area contributed by atoms with Crippen LogP contribution in [0.2, 0.25) is 0 Å². The number of anilines is 2. The molecule has 0 bridgehead atoms. The average Bonchev–Trinajstić information content (AvgIpc) is 2.75. The van der Waals surface area contributed by atoms with Gasteiger partial charge >= 0.3 is 0 Å². The summed E-state index contributed by atoms with van der Waals surface area (Å²) in [4.78, 5) is 1.67. The van der Waals surface area contributed by atoms with Gasteiger partial charge in [-0.2, -0.15) is 5.26 Å². The second kappa shape index (κ2) is 6.53. The summed E-state index contributed by atoms with van der Waals surface area (Å²) in [5, 5.41) is 13.8. The van der Waals surface area contributed by atoms with E-state index in [0.29, 0.717) is 16.6 Å². The van der Waals surface area contributed by atoms with Gasteiger partial charge in [0, 0.05) is 6.04 Å². The summed E-state index contributed by atoms with van der Waals surface area (Å²) in [6.07, 6.45) is 8.40. The van der Waals surface area contributed by atoms with Gasteiger partial charge in [0.05, 0.1) is 10.6 Å². The minimum absolute atomic E-state index is 0.540. The van der Waals surface area contributed by atoms with Crippen LogP contribution in [-0.4, -0.2) is 12.3 Å². The van der Waals surface area contributed by atoms with E-state index < -0.39 is 0 Å². The van der Waals surface area contributed by atoms with Crippen molar-refractivity contribution in [3.63, 3.8) is 0 Å². The molecule has 0 radical (unpaired) electrons. The maximum absolute atomic E-state index is 9.07. The summed E-state index contributed by atoms with van der Waals surface area (Å²) in [6, 6.07) is 2.72. The molecule has 2 rings (SSSR count). The highest BCUT2D eigenvalue weighted by molar-refractivity contribution is 7.99. The van der Waals surface area contributed by atoms with E-state index in [4.69, 9.17) is 11.0 Å². The molecule has 0 aliphatic heterocycles. The molecule has 0 spiro atoms. The van der Waals surface area contributed by atoms with Crippen molar-refractivity contribution in [1.82, 2.24) is 0 Å². The van der Waals surface area contributed by atoms with E-state index in [1.165, 1.54) is 43.4 Å². The van der Waals surface area contributed by atoms with E-state index >= 15 is 0 Å². The number of rotatable bonds is 4. The van der Waals surface area contributed by atoms with Crippen molar-refractivity contribution in [2.75, 3.05) is 17.3 Å². The second-order valence-electron chi connectivity index (χ2n) is 5.09. The zero-order chi connectivity index (χ0) is 13.8. The third-order valence-electron chi connectivity index (χ3n) is 3.96. The molecule has 19 heavy (non-hydrogen) atoms. The quantitative estimate of drug-likeness (QED) is 0.813. The molecule has 1 heterocycles. The van der Waals surface area contributed by atoms with Crippen molar-refractivity contribution in [1.29, 1.82) is 5.26 Å². The molecule has 5 heteroatoms. The number of hydrogen-bond donors (Lipinski definition) is 2. The van der Waals surface area contributed by atoms with E-state index in [1.54, 1.807) is 11.8 Å². The van der Waals surface area contributed by atoms with Gasteiger partial charge in [-0.15, -0.1) is 23.1 Å². The zero-order valence-corrected chi connectivity index (χ0v) is 13.2. The number of nitriles is 1. The number of thioether (sulfide) groups is 1. The van der Waals surface area contributed by atoms with Gasteiger partial charge in [0.15, 0.2) is 0 Å². The maximum Gasteiger partial charge on any atom is 0.131 e. The predicted octanol–water partition coefficient (Wildman–Crippen LogP) is 4.30. The monoisotopic (exact) mass is 295 g/mol. The van der Waals surface area contributed by atoms with Gasteiger partial charge < -0.3 is 11.1 Å². The van der Waals surface area contributed by atoms with Crippen LogP contribution in [0.4, 0.5) is 10.7 Å². The Morgan fingerprint density at radius 2 is 2.11 bits per heavy atom. The topological polar surface area (TPSA) is 61.8 Å². The Bertz CT molecular complexity index is 468. The molecule has 0 amide bonds. The molecule has 0 aromatic carbocycles. The van der Waals surface area contributed by atoms with Gasteiger partial charge in [0.1, 0.15) is 15.9 Å². The van der Waals surface area contributed by atoms with Crippen molar-refractivity contribution >= 4 is 33.8 Å². The molecule has 1 aromatic heterocycles. The number of nitrogens with zero attached hydrogens (tertiary/aromatic N) is 1. The summed E-state index contributed by atoms with van der Waals surface area (Å²) >= 11 is 3.12. The lowest BCUT2D eigenvalue weighted by atomic mass is 9.84. The third-order valence-corrected chi connectivity index (χ3v) is 5.97. The Morgan fingerprint density at radius 3 is 2.63 bits per heavy atom. The van der Waals surface area contributed by atoms with Crippen molar-refractivity contribution in [2.24, 2.45) is 5.92 Å². The fourth-order valence-electron chi connectivity index (χ4n) is 2.71. The van der Waals surface area contributed by atoms with Crippen LogP contribution < -0.4 is 11.1 Å². The molecule has 1 aliphatic rings. The van der Waals surface area contributed by atoms with Gasteiger partial charge in [-0.1, -0.05) is 13.3 Å². The summed E-state index contributed by atoms with van der Waals surface area (Å²) in [5.41, 5.74) is 6.64. The highest BCUT2D eigenvalue weighted by Gasteiger charge is 2.22. The minimum atomic E-state index is 0.540. The standard InChI is InChI=1S/C14H21N3S2/c1-3-9-4-6-10(7-5-9)17-14-13(18-2)12(16)11(8-15)19-14/h9-10,17H,3-7,16H2,1-2H3. The van der Waals surface area contributed by atoms with Crippen LogP contribution in [0.25, 0.3) is 0 Å². The summed E-state index contributed by atoms with van der Waals surface area (Å²) < 4.78 is 0. The smallest absolute Gasteiger partial charge is 0.131 e. The molecule has 1 aromatic rings. The van der Waals surface area contributed by atoms with Gasteiger partial charge in [-0.05, 0) is 37.9 Å². The summed E-state index contributed by atoms with van der Waals surface area (Å²) in [5.74, 6) is 0.904. The number of nitrogens with two attached hydrogens (primary N) is 1. The van der Waals surface area contributed by atoms with Crippen LogP contribution in [0.1, 0.15) is 43.9 Å². The predicted molar refractivity (Wildman–Crippen MR) is 84.9 cm³/mol. The Morgan fingerprint density at radius 1 is 1.42 bits per heavy atom. The lowest BCUT2D eigenvalue weighted by molar-refractivity contribution is 0.330. The number of nitrogens with one attached hydrogen (secondary N) is 1. The molecule has 0 atom stereocenters. The van der Waals surface area contributed by atoms with E-state index in [9.17, 15) is 0 Å². The summed E-state index contributed by atoms with van der Waals surface area (Å²) in [7, 11) is 0. The van der Waals surface area contributed by atoms with Gasteiger partial charge in [0.25, 0.3) is 0 Å². The molecule has 0 saturated heterocycles. The van der Waals surface area contributed by atoms with Crippen LogP contribution >= 0.6 is 23.1 Å². The molecule has 0 unspecified atom stereocenters. The van der Waals surface area contributed by atoms with Crippen molar-refractivity contribution in [2.45, 2.75) is 50.0 Å². The molecule has 104 valence electrons. The van der Waals surface area contributed by atoms with Gasteiger partial charge in [0.2, 0.25) is 0 Å². The molecular weight excluding hydrogens is 274 g/mol. The zero-order valence-electron chi connectivity index (χ0n) is 11.5. The van der Waals surface area contributed by atoms with Crippen LogP contribution in [-0.2, 0) is 0 Å². The van der Waals surface area contributed by atoms with E-state index in [-0.39, 0.29) is 0 Å². The molecule has 1 fully saturated rings. The Labute approximate surface area is 123 Å². The van der Waals surface area contributed by atoms with Crippen molar-refractivity contribution in [3.8, 4) is 6.07 Å². The summed E-state index contributed by atoms with van der Waals surface area (Å²) in [6.45, 7) is 2.28. The second-order valence-corrected chi connectivity index (χ2v) is 6.93. The van der Waals surface area contributed by atoms with Crippen LogP contribution in [0.3, 0.4) is 0 Å². The van der Waals surface area contributed by atoms with Crippen molar-refractivity contribution in [3.05, 3.63) is 4.88 Å². The normalized spacial score (nSPS) is 23.0. The lowest BCUT2D eigenvalue weighted by Gasteiger charge is -2.28. The lowest BCUT2D eigenvalue weighted by Crippen LogP contribution is -2.25. The average molecular weight is 295 g/mol. The van der Waals surface area contributed by atoms with Gasteiger partial charge in [-0.3, -0.25) is 0 Å². The first-order valence-electron chi connectivity index (χ1n) is 6.82. The molecule has 1 aliphatic carbocycles. The first-order valence-corrected chi connectivity index (χ1v) is 8.86. The Hall–Kier alpha value is -0.860. The van der Waals surface area contributed by atoms with Crippen molar-refractivity contribution < 1.29 is 0 Å². The molecule has 3 N–H and O–H groups in total. The van der Waals surface area contributed by atoms with E-state index in [2.05, 4.69) is 18.3 Å². The first-order chi connectivity index (χ1) is 9.19. The fraction of sp³-hybridized carbons (Fsp3) is 0.643. The number of thiophene rings is 1. The molecular formula is C14H21N3S2. The molecule has 3 nitrogen and oxygen atoms in total. The number of nitrogen functional groups attached to an aromatic ring is 1.